The average molecular weight is 336 g/mol. The monoisotopic (exact) mass is 336 g/mol. The van der Waals surface area contributed by atoms with E-state index in [0.717, 1.165) is 17.0 Å². The maximum absolute atomic E-state index is 14.1. The smallest absolute Gasteiger partial charge is 0.271 e. The van der Waals surface area contributed by atoms with E-state index in [1.807, 2.05) is 24.5 Å². The van der Waals surface area contributed by atoms with Crippen LogP contribution >= 0.6 is 0 Å². The number of aromatic nitrogens is 2. The lowest BCUT2D eigenvalue weighted by atomic mass is 10.2. The number of benzene rings is 1. The van der Waals surface area contributed by atoms with Gasteiger partial charge in [-0.1, -0.05) is 12.1 Å². The van der Waals surface area contributed by atoms with Gasteiger partial charge in [-0.3, -0.25) is 9.78 Å². The lowest BCUT2D eigenvalue weighted by molar-refractivity contribution is 0.0955. The Balaban J connectivity index is 1.82. The molecule has 3 aromatic rings. The summed E-state index contributed by atoms with van der Waals surface area (Å²) >= 11 is 0. The van der Waals surface area contributed by atoms with Gasteiger partial charge in [-0.05, 0) is 44.2 Å². The molecule has 2 heterocycles. The summed E-state index contributed by atoms with van der Waals surface area (Å²) in [6, 6.07) is 11.7. The van der Waals surface area contributed by atoms with E-state index in [-0.39, 0.29) is 11.7 Å². The number of carbonyl (C=O) groups is 1. The highest BCUT2D eigenvalue weighted by Gasteiger charge is 2.12. The van der Waals surface area contributed by atoms with Gasteiger partial charge in [0.15, 0.2) is 0 Å². The van der Waals surface area contributed by atoms with Crippen LogP contribution < -0.4 is 5.43 Å². The molecule has 0 saturated carbocycles. The highest BCUT2D eigenvalue weighted by Crippen LogP contribution is 2.21. The Kier molecular flexibility index (Phi) is 4.70. The molecule has 2 aromatic heterocycles. The Bertz CT molecular complexity index is 932. The van der Waals surface area contributed by atoms with Crippen LogP contribution in [0.25, 0.3) is 5.69 Å². The zero-order valence-electron chi connectivity index (χ0n) is 13.9. The molecule has 1 N–H and O–H groups in total. The van der Waals surface area contributed by atoms with Crippen molar-refractivity contribution in [2.75, 3.05) is 0 Å². The molecule has 5 nitrogen and oxygen atoms in total. The number of aryl methyl sites for hydroxylation is 1. The number of amides is 1. The summed E-state index contributed by atoms with van der Waals surface area (Å²) in [5.41, 5.74) is 5.95. The summed E-state index contributed by atoms with van der Waals surface area (Å²) in [7, 11) is 0. The van der Waals surface area contributed by atoms with Crippen molar-refractivity contribution in [2.24, 2.45) is 5.10 Å². The molecule has 6 heteroatoms. The van der Waals surface area contributed by atoms with Crippen LogP contribution in [0.1, 0.15) is 27.3 Å². The highest BCUT2D eigenvalue weighted by atomic mass is 19.1. The average Bonchev–Trinajstić information content (AvgIpc) is 2.90. The van der Waals surface area contributed by atoms with Crippen LogP contribution in [0.5, 0.6) is 0 Å². The lowest BCUT2D eigenvalue weighted by Gasteiger charge is -2.10. The van der Waals surface area contributed by atoms with Gasteiger partial charge in [-0.15, -0.1) is 0 Å². The minimum absolute atomic E-state index is 0.293. The van der Waals surface area contributed by atoms with Crippen molar-refractivity contribution >= 4 is 12.1 Å². The van der Waals surface area contributed by atoms with Crippen LogP contribution in [0.15, 0.2) is 60.0 Å². The zero-order valence-corrected chi connectivity index (χ0v) is 13.9. The first-order chi connectivity index (χ1) is 12.1. The first kappa shape index (κ1) is 16.6. The van der Waals surface area contributed by atoms with Gasteiger partial charge in [0.05, 0.1) is 11.9 Å². The number of halogens is 1. The molecule has 0 bridgehead atoms. The molecule has 0 saturated heterocycles. The molecule has 0 fully saturated rings. The molecule has 25 heavy (non-hydrogen) atoms. The topological polar surface area (TPSA) is 59.3 Å². The van der Waals surface area contributed by atoms with E-state index in [9.17, 15) is 9.18 Å². The predicted octanol–water partition coefficient (Wildman–Crippen LogP) is 3.39. The summed E-state index contributed by atoms with van der Waals surface area (Å²) in [5.74, 6) is -0.611. The van der Waals surface area contributed by atoms with Crippen molar-refractivity contribution < 1.29 is 9.18 Å². The summed E-state index contributed by atoms with van der Waals surface area (Å²) in [6.45, 7) is 3.78. The van der Waals surface area contributed by atoms with E-state index in [0.29, 0.717) is 11.3 Å². The number of carbonyl (C=O) groups excluding carboxylic acids is 1. The number of nitrogens with zero attached hydrogens (tertiary/aromatic N) is 3. The molecule has 3 rings (SSSR count). The van der Waals surface area contributed by atoms with Gasteiger partial charge in [-0.2, -0.15) is 5.10 Å². The second-order valence-corrected chi connectivity index (χ2v) is 5.55. The molecule has 126 valence electrons. The number of hydrogen-bond donors (Lipinski definition) is 1. The molecular formula is C19H17FN4O. The van der Waals surface area contributed by atoms with Crippen molar-refractivity contribution in [1.82, 2.24) is 15.0 Å². The summed E-state index contributed by atoms with van der Waals surface area (Å²) in [4.78, 5) is 15.8. The quantitative estimate of drug-likeness (QED) is 0.586. The van der Waals surface area contributed by atoms with Gasteiger partial charge < -0.3 is 4.57 Å². The third-order valence-electron chi connectivity index (χ3n) is 3.88. The van der Waals surface area contributed by atoms with Gasteiger partial charge in [0, 0.05) is 34.9 Å². The fraction of sp³-hybridized carbons (Fsp3) is 0.105. The summed E-state index contributed by atoms with van der Waals surface area (Å²) in [6.07, 6.45) is 4.64. The van der Waals surface area contributed by atoms with Crippen LogP contribution in [0.2, 0.25) is 0 Å². The Morgan fingerprint density at radius 2 is 1.92 bits per heavy atom. The van der Waals surface area contributed by atoms with Gasteiger partial charge in [-0.25, -0.2) is 9.82 Å². The number of nitrogens with one attached hydrogen (secondary N) is 1. The fourth-order valence-electron chi connectivity index (χ4n) is 2.65. The van der Waals surface area contributed by atoms with E-state index in [1.54, 1.807) is 48.9 Å². The molecule has 1 aromatic carbocycles. The minimum atomic E-state index is -0.318. The van der Waals surface area contributed by atoms with Crippen molar-refractivity contribution in [3.63, 3.8) is 0 Å². The van der Waals surface area contributed by atoms with Gasteiger partial charge in [0.1, 0.15) is 5.82 Å². The third-order valence-corrected chi connectivity index (χ3v) is 3.88. The third kappa shape index (κ3) is 3.47. The predicted molar refractivity (Wildman–Crippen MR) is 94.5 cm³/mol. The van der Waals surface area contributed by atoms with E-state index in [1.165, 1.54) is 6.07 Å². The molecule has 0 radical (unpaired) electrons. The van der Waals surface area contributed by atoms with Crippen molar-refractivity contribution in [1.29, 1.82) is 0 Å². The first-order valence-corrected chi connectivity index (χ1v) is 7.75. The number of rotatable bonds is 4. The van der Waals surface area contributed by atoms with Crippen LogP contribution in [-0.2, 0) is 0 Å². The number of pyridine rings is 1. The van der Waals surface area contributed by atoms with E-state index < -0.39 is 0 Å². The Morgan fingerprint density at radius 3 is 2.64 bits per heavy atom. The Morgan fingerprint density at radius 1 is 1.20 bits per heavy atom. The van der Waals surface area contributed by atoms with Crippen LogP contribution in [-0.4, -0.2) is 21.7 Å². The first-order valence-electron chi connectivity index (χ1n) is 7.75. The summed E-state index contributed by atoms with van der Waals surface area (Å²) in [5, 5.41) is 4.00. The van der Waals surface area contributed by atoms with Crippen molar-refractivity contribution in [3.05, 3.63) is 83.2 Å². The van der Waals surface area contributed by atoms with Gasteiger partial charge in [0.25, 0.3) is 5.91 Å². The van der Waals surface area contributed by atoms with Crippen molar-refractivity contribution in [2.45, 2.75) is 13.8 Å². The van der Waals surface area contributed by atoms with Crippen LogP contribution in [0.4, 0.5) is 4.39 Å². The Labute approximate surface area is 144 Å². The highest BCUT2D eigenvalue weighted by molar-refractivity contribution is 5.94. The molecule has 1 amide bonds. The van der Waals surface area contributed by atoms with E-state index in [2.05, 4.69) is 15.5 Å². The SMILES string of the molecule is Cc1cc(/C=N\NC(=O)c2ccncc2)c(C)n1-c1ccccc1F. The second kappa shape index (κ2) is 7.09. The van der Waals surface area contributed by atoms with Crippen molar-refractivity contribution in [3.8, 4) is 5.69 Å². The normalized spacial score (nSPS) is 11.0. The maximum atomic E-state index is 14.1. The molecule has 0 aliphatic heterocycles. The molecular weight excluding hydrogens is 319 g/mol. The molecule has 0 atom stereocenters. The number of hydrazone groups is 1. The molecule has 0 unspecified atom stereocenters. The van der Waals surface area contributed by atoms with E-state index >= 15 is 0 Å². The largest absolute Gasteiger partial charge is 0.315 e. The maximum Gasteiger partial charge on any atom is 0.271 e. The Hall–Kier alpha value is -3.28. The lowest BCUT2D eigenvalue weighted by Crippen LogP contribution is -2.17. The molecule has 0 aliphatic carbocycles. The molecule has 0 spiro atoms. The summed E-state index contributed by atoms with van der Waals surface area (Å²) < 4.78 is 15.9. The fourth-order valence-corrected chi connectivity index (χ4v) is 2.65. The minimum Gasteiger partial charge on any atom is -0.315 e. The standard InChI is InChI=1S/C19H17FN4O/c1-13-11-16(12-22-23-19(25)15-7-9-21-10-8-15)14(2)24(13)18-6-4-3-5-17(18)20/h3-12H,1-2H3,(H,23,25)/b22-12-. The second-order valence-electron chi connectivity index (χ2n) is 5.55. The van der Waals surface area contributed by atoms with Gasteiger partial charge in [0.2, 0.25) is 0 Å². The van der Waals surface area contributed by atoms with Crippen LogP contribution in [0.3, 0.4) is 0 Å². The van der Waals surface area contributed by atoms with E-state index in [4.69, 9.17) is 0 Å². The molecule has 0 aliphatic rings. The number of para-hydroxylation sites is 1. The van der Waals surface area contributed by atoms with Crippen LogP contribution in [0, 0.1) is 19.7 Å². The number of hydrogen-bond acceptors (Lipinski definition) is 3. The zero-order chi connectivity index (χ0) is 17.8. The van der Waals surface area contributed by atoms with Gasteiger partial charge >= 0.3 is 0 Å².